The number of amides is 1. The Labute approximate surface area is 148 Å². The number of carbonyl (C=O) groups is 1. The quantitative estimate of drug-likeness (QED) is 0.670. The van der Waals surface area contributed by atoms with Crippen molar-refractivity contribution in [3.8, 4) is 11.3 Å². The zero-order valence-electron chi connectivity index (χ0n) is 13.0. The molecule has 0 bridgehead atoms. The second-order valence-electron chi connectivity index (χ2n) is 5.25. The molecule has 1 amide bonds. The van der Waals surface area contributed by atoms with Gasteiger partial charge in [0.15, 0.2) is 11.4 Å². The molecule has 0 aliphatic heterocycles. The third kappa shape index (κ3) is 3.40. The van der Waals surface area contributed by atoms with E-state index in [2.05, 4.69) is 20.6 Å². The molecule has 0 atom stereocenters. The predicted octanol–water partition coefficient (Wildman–Crippen LogP) is 3.87. The van der Waals surface area contributed by atoms with E-state index in [-0.39, 0.29) is 27.8 Å². The van der Waals surface area contributed by atoms with Gasteiger partial charge in [-0.2, -0.15) is 23.4 Å². The van der Waals surface area contributed by atoms with E-state index in [9.17, 15) is 22.4 Å². The zero-order chi connectivity index (χ0) is 19.1. The third-order valence-corrected chi connectivity index (χ3v) is 3.77. The van der Waals surface area contributed by atoms with Crippen LogP contribution < -0.4 is 5.32 Å². The van der Waals surface area contributed by atoms with Gasteiger partial charge in [-0.25, -0.2) is 4.39 Å². The van der Waals surface area contributed by atoms with Crippen molar-refractivity contribution in [3.63, 3.8) is 0 Å². The number of carbonyl (C=O) groups excluding carboxylic acids is 1. The Bertz CT molecular complexity index is 959. The number of H-pyrrole nitrogens is 1. The first kappa shape index (κ1) is 17.9. The summed E-state index contributed by atoms with van der Waals surface area (Å²) in [5.41, 5.74) is -1.12. The zero-order valence-corrected chi connectivity index (χ0v) is 13.8. The molecule has 2 aromatic heterocycles. The number of hydrogen-bond donors (Lipinski definition) is 2. The molecule has 26 heavy (non-hydrogen) atoms. The Morgan fingerprint density at radius 2 is 2.04 bits per heavy atom. The van der Waals surface area contributed by atoms with Gasteiger partial charge in [0, 0.05) is 13.1 Å². The lowest BCUT2D eigenvalue weighted by Crippen LogP contribution is -2.14. The second kappa shape index (κ2) is 6.45. The van der Waals surface area contributed by atoms with Gasteiger partial charge in [0.1, 0.15) is 11.6 Å². The fraction of sp³-hybridized carbons (Fsp3) is 0.133. The van der Waals surface area contributed by atoms with Gasteiger partial charge >= 0.3 is 6.18 Å². The topological polar surface area (TPSA) is 75.6 Å². The Hall–Kier alpha value is -2.88. The van der Waals surface area contributed by atoms with Gasteiger partial charge in [0.2, 0.25) is 0 Å². The Morgan fingerprint density at radius 3 is 2.65 bits per heavy atom. The number of aryl methyl sites for hydroxylation is 1. The molecule has 3 rings (SSSR count). The van der Waals surface area contributed by atoms with Gasteiger partial charge in [-0.3, -0.25) is 14.6 Å². The minimum absolute atomic E-state index is 0.0283. The summed E-state index contributed by atoms with van der Waals surface area (Å²) in [5, 5.41) is 11.9. The van der Waals surface area contributed by atoms with Crippen molar-refractivity contribution in [2.75, 3.05) is 5.32 Å². The largest absolute Gasteiger partial charge is 0.435 e. The number of nitrogens with zero attached hydrogens (tertiary/aromatic N) is 3. The Kier molecular flexibility index (Phi) is 4.45. The van der Waals surface area contributed by atoms with Gasteiger partial charge < -0.3 is 5.32 Å². The normalized spacial score (nSPS) is 11.6. The second-order valence-corrected chi connectivity index (χ2v) is 5.66. The maximum absolute atomic E-state index is 13.9. The molecule has 6 nitrogen and oxygen atoms in total. The summed E-state index contributed by atoms with van der Waals surface area (Å²) in [6, 6.07) is 6.01. The number of aromatic nitrogens is 4. The summed E-state index contributed by atoms with van der Waals surface area (Å²) in [7, 11) is 1.25. The van der Waals surface area contributed by atoms with Crippen LogP contribution in [0.2, 0.25) is 5.02 Å². The van der Waals surface area contributed by atoms with Crippen LogP contribution in [0.4, 0.5) is 23.4 Å². The van der Waals surface area contributed by atoms with Crippen molar-refractivity contribution in [2.24, 2.45) is 7.05 Å². The molecule has 136 valence electrons. The van der Waals surface area contributed by atoms with Gasteiger partial charge in [-0.1, -0.05) is 17.7 Å². The minimum atomic E-state index is -4.64. The predicted molar refractivity (Wildman–Crippen MR) is 85.2 cm³/mol. The third-order valence-electron chi connectivity index (χ3n) is 3.45. The van der Waals surface area contributed by atoms with E-state index in [0.717, 1.165) is 4.68 Å². The van der Waals surface area contributed by atoms with E-state index in [1.807, 2.05) is 0 Å². The lowest BCUT2D eigenvalue weighted by Gasteiger charge is -2.02. The molecule has 0 spiro atoms. The number of rotatable bonds is 3. The highest BCUT2D eigenvalue weighted by Crippen LogP contribution is 2.31. The average molecular weight is 388 g/mol. The molecule has 0 fully saturated rings. The van der Waals surface area contributed by atoms with Crippen LogP contribution in [0.15, 0.2) is 30.3 Å². The van der Waals surface area contributed by atoms with Crippen molar-refractivity contribution < 1.29 is 22.4 Å². The molecule has 0 aliphatic carbocycles. The van der Waals surface area contributed by atoms with Crippen LogP contribution in [0.5, 0.6) is 0 Å². The minimum Gasteiger partial charge on any atom is -0.305 e. The summed E-state index contributed by atoms with van der Waals surface area (Å²) >= 11 is 5.94. The van der Waals surface area contributed by atoms with Crippen molar-refractivity contribution >= 4 is 23.3 Å². The van der Waals surface area contributed by atoms with E-state index < -0.39 is 23.6 Å². The fourth-order valence-electron chi connectivity index (χ4n) is 2.22. The molecule has 3 aromatic rings. The maximum atomic E-state index is 13.9. The highest BCUT2D eigenvalue weighted by molar-refractivity contribution is 6.33. The molecular formula is C15H10ClF4N5O. The van der Waals surface area contributed by atoms with Crippen molar-refractivity contribution in [1.29, 1.82) is 0 Å². The number of halogens is 5. The lowest BCUT2D eigenvalue weighted by atomic mass is 10.1. The summed E-state index contributed by atoms with van der Waals surface area (Å²) in [6.07, 6.45) is -4.64. The molecule has 0 unspecified atom stereocenters. The van der Waals surface area contributed by atoms with Gasteiger partial charge in [-0.05, 0) is 18.2 Å². The first-order chi connectivity index (χ1) is 12.2. The number of aromatic amines is 1. The summed E-state index contributed by atoms with van der Waals surface area (Å²) in [6.45, 7) is 0. The van der Waals surface area contributed by atoms with Crippen LogP contribution in [0.25, 0.3) is 11.3 Å². The molecule has 0 saturated heterocycles. The number of benzene rings is 1. The SMILES string of the molecule is Cn1nc(C(F)(F)F)cc1NC(=O)c1cc(-c2c(F)cccc2Cl)[nH]n1. The highest BCUT2D eigenvalue weighted by Gasteiger charge is 2.34. The van der Waals surface area contributed by atoms with Crippen LogP contribution in [-0.4, -0.2) is 25.9 Å². The van der Waals surface area contributed by atoms with Crippen LogP contribution in [0.1, 0.15) is 16.2 Å². The molecule has 0 saturated carbocycles. The lowest BCUT2D eigenvalue weighted by molar-refractivity contribution is -0.141. The van der Waals surface area contributed by atoms with Gasteiger partial charge in [-0.15, -0.1) is 0 Å². The molecule has 2 heterocycles. The van der Waals surface area contributed by atoms with E-state index in [1.54, 1.807) is 0 Å². The standard InChI is InChI=1S/C15H10ClF4N5O/c1-25-12(6-11(24-25)15(18,19)20)21-14(26)10-5-9(22-23-10)13-7(16)3-2-4-8(13)17/h2-6H,1H3,(H,21,26)(H,22,23). The van der Waals surface area contributed by atoms with Crippen LogP contribution in [-0.2, 0) is 13.2 Å². The van der Waals surface area contributed by atoms with E-state index in [0.29, 0.717) is 6.07 Å². The molecule has 0 aliphatic rings. The van der Waals surface area contributed by atoms with Crippen LogP contribution >= 0.6 is 11.6 Å². The summed E-state index contributed by atoms with van der Waals surface area (Å²) in [5.74, 6) is -1.58. The summed E-state index contributed by atoms with van der Waals surface area (Å²) < 4.78 is 52.8. The molecule has 1 aromatic carbocycles. The maximum Gasteiger partial charge on any atom is 0.435 e. The van der Waals surface area contributed by atoms with E-state index in [4.69, 9.17) is 11.6 Å². The molecule has 2 N–H and O–H groups in total. The first-order valence-corrected chi connectivity index (χ1v) is 7.47. The Morgan fingerprint density at radius 1 is 1.31 bits per heavy atom. The van der Waals surface area contributed by atoms with Gasteiger partial charge in [0.25, 0.3) is 5.91 Å². The number of alkyl halides is 3. The number of anilines is 1. The first-order valence-electron chi connectivity index (χ1n) is 7.09. The summed E-state index contributed by atoms with van der Waals surface area (Å²) in [4.78, 5) is 12.2. The Balaban J connectivity index is 1.85. The van der Waals surface area contributed by atoms with Crippen molar-refractivity contribution in [3.05, 3.63) is 52.6 Å². The van der Waals surface area contributed by atoms with Crippen molar-refractivity contribution in [1.82, 2.24) is 20.0 Å². The van der Waals surface area contributed by atoms with Crippen LogP contribution in [0, 0.1) is 5.82 Å². The van der Waals surface area contributed by atoms with Crippen molar-refractivity contribution in [2.45, 2.75) is 6.18 Å². The molecule has 11 heteroatoms. The highest BCUT2D eigenvalue weighted by atomic mass is 35.5. The monoisotopic (exact) mass is 387 g/mol. The van der Waals surface area contributed by atoms with Crippen LogP contribution in [0.3, 0.4) is 0 Å². The van der Waals surface area contributed by atoms with E-state index in [1.165, 1.54) is 31.3 Å². The van der Waals surface area contributed by atoms with E-state index >= 15 is 0 Å². The number of nitrogens with one attached hydrogen (secondary N) is 2. The van der Waals surface area contributed by atoms with Gasteiger partial charge in [0.05, 0.1) is 16.3 Å². The molecular weight excluding hydrogens is 378 g/mol. The average Bonchev–Trinajstić information content (AvgIpc) is 3.15. The smallest absolute Gasteiger partial charge is 0.305 e. The number of hydrogen-bond acceptors (Lipinski definition) is 3. The molecule has 0 radical (unpaired) electrons. The fourth-order valence-corrected chi connectivity index (χ4v) is 2.49.